The molecule has 0 fully saturated rings. The van der Waals surface area contributed by atoms with Crippen molar-refractivity contribution in [1.29, 1.82) is 0 Å². The van der Waals surface area contributed by atoms with E-state index >= 15 is 0 Å². The Bertz CT molecular complexity index is 272. The third-order valence-corrected chi connectivity index (χ3v) is 5.53. The van der Waals surface area contributed by atoms with Crippen LogP contribution in [-0.4, -0.2) is 36.3 Å². The molecule has 0 bridgehead atoms. The fraction of sp³-hybridized carbons (Fsp3) is 1.00. The Kier molecular flexibility index (Phi) is 10.6. The zero-order chi connectivity index (χ0) is 11.6. The molecule has 0 atom stereocenters. The average molecular weight is 290 g/mol. The second kappa shape index (κ2) is 7.58. The minimum Gasteiger partial charge on any atom is -1.00 e. The van der Waals surface area contributed by atoms with E-state index in [9.17, 15) is 14.2 Å². The van der Waals surface area contributed by atoms with Gasteiger partial charge in [-0.2, -0.15) is 0 Å². The van der Waals surface area contributed by atoms with Gasteiger partial charge in [0, 0.05) is 6.42 Å². The van der Waals surface area contributed by atoms with E-state index in [0.29, 0.717) is 0 Å². The molecule has 0 saturated heterocycles. The van der Waals surface area contributed by atoms with E-state index in [1.54, 1.807) is 0 Å². The van der Waals surface area contributed by atoms with E-state index in [0.717, 1.165) is 0 Å². The first-order chi connectivity index (χ1) is 6.06. The molecule has 96 valence electrons. The Hall–Kier alpha value is 1.18. The summed E-state index contributed by atoms with van der Waals surface area (Å²) in [4.78, 5) is 34.5. The van der Waals surface area contributed by atoms with Gasteiger partial charge in [0.15, 0.2) is 0 Å². The first-order valence-corrected chi connectivity index (χ1v) is 6.82. The Morgan fingerprint density at radius 3 is 1.62 bits per heavy atom. The van der Waals surface area contributed by atoms with E-state index < -0.39 is 26.7 Å². The molecule has 9 nitrogen and oxygen atoms in total. The SMILES string of the molecule is N.NCCCC(O)(P(=O)(O)O)P(=O)(O)O.[H-].[Na+]. The van der Waals surface area contributed by atoms with Gasteiger partial charge in [-0.25, -0.2) is 0 Å². The zero-order valence-corrected chi connectivity index (χ0v) is 12.6. The van der Waals surface area contributed by atoms with E-state index in [-0.39, 0.29) is 50.1 Å². The molecule has 0 aliphatic carbocycles. The molecule has 0 aliphatic rings. The van der Waals surface area contributed by atoms with Gasteiger partial charge in [0.1, 0.15) is 0 Å². The predicted molar refractivity (Wildman–Crippen MR) is 53.5 cm³/mol. The van der Waals surface area contributed by atoms with Crippen LogP contribution in [0.25, 0.3) is 0 Å². The smallest absolute Gasteiger partial charge is 1.00 e. The van der Waals surface area contributed by atoms with Crippen molar-refractivity contribution in [3.05, 3.63) is 0 Å². The van der Waals surface area contributed by atoms with Crippen LogP contribution in [0.3, 0.4) is 0 Å². The first-order valence-electron chi connectivity index (χ1n) is 3.60. The number of hydrogen-bond donors (Lipinski definition) is 7. The van der Waals surface area contributed by atoms with Crippen molar-refractivity contribution in [3.8, 4) is 0 Å². The fourth-order valence-corrected chi connectivity index (χ4v) is 3.06. The normalized spacial score (nSPS) is 12.6. The van der Waals surface area contributed by atoms with Crippen molar-refractivity contribution in [1.82, 2.24) is 6.15 Å². The van der Waals surface area contributed by atoms with E-state index in [1.807, 2.05) is 0 Å². The molecule has 0 amide bonds. The molecule has 0 aromatic rings. The van der Waals surface area contributed by atoms with Crippen LogP contribution in [-0.2, 0) is 9.13 Å². The van der Waals surface area contributed by atoms with Gasteiger partial charge in [-0.15, -0.1) is 0 Å². The van der Waals surface area contributed by atoms with Crippen LogP contribution in [0.2, 0.25) is 0 Å². The molecule has 0 unspecified atom stereocenters. The molecule has 0 saturated carbocycles. The van der Waals surface area contributed by atoms with Crippen LogP contribution < -0.4 is 41.4 Å². The minimum atomic E-state index is -5.30. The Morgan fingerprint density at radius 2 is 1.44 bits per heavy atom. The maximum absolute atomic E-state index is 10.7. The molecule has 12 heteroatoms. The zero-order valence-electron chi connectivity index (χ0n) is 9.85. The quantitative estimate of drug-likeness (QED) is 0.195. The van der Waals surface area contributed by atoms with Crippen LogP contribution in [0.5, 0.6) is 0 Å². The fourth-order valence-electron chi connectivity index (χ4n) is 0.800. The summed E-state index contributed by atoms with van der Waals surface area (Å²) in [6.45, 7) is -0.0394. The summed E-state index contributed by atoms with van der Waals surface area (Å²) < 4.78 is 21.4. The van der Waals surface area contributed by atoms with Gasteiger partial charge in [0.05, 0.1) is 0 Å². The molecule has 0 spiro atoms. The standard InChI is InChI=1S/C4H13NO7P2.H3N.Na.H/c5-3-1-2-4(6,13(7,8)9)14(10,11)12;;;/h6H,1-3,5H2,(H2,7,8,9)(H2,10,11,12);1H3;;/q;;+1;-1. The summed E-state index contributed by atoms with van der Waals surface area (Å²) in [7, 11) is -10.6. The van der Waals surface area contributed by atoms with E-state index in [1.165, 1.54) is 0 Å². The van der Waals surface area contributed by atoms with Gasteiger partial charge in [-0.1, -0.05) is 0 Å². The van der Waals surface area contributed by atoms with Gasteiger partial charge in [-0.3, -0.25) is 9.13 Å². The number of rotatable bonds is 5. The number of aliphatic hydroxyl groups is 1. The molecular weight excluding hydrogens is 273 g/mol. The molecule has 16 heavy (non-hydrogen) atoms. The van der Waals surface area contributed by atoms with Crippen molar-refractivity contribution in [2.24, 2.45) is 5.73 Å². The molecular formula is C4H17N2NaO7P2. The molecule has 0 rings (SSSR count). The van der Waals surface area contributed by atoms with Gasteiger partial charge >= 0.3 is 44.7 Å². The average Bonchev–Trinajstić information content (AvgIpc) is 1.95. The third-order valence-electron chi connectivity index (χ3n) is 1.65. The Labute approximate surface area is 116 Å². The monoisotopic (exact) mass is 290 g/mol. The second-order valence-corrected chi connectivity index (χ2v) is 6.76. The molecule has 0 heterocycles. The van der Waals surface area contributed by atoms with E-state index in [2.05, 4.69) is 0 Å². The van der Waals surface area contributed by atoms with Crippen molar-refractivity contribution in [3.63, 3.8) is 0 Å². The van der Waals surface area contributed by atoms with Gasteiger partial charge in [-0.05, 0) is 13.0 Å². The van der Waals surface area contributed by atoms with Crippen molar-refractivity contribution in [2.45, 2.75) is 17.9 Å². The third kappa shape index (κ3) is 5.22. The van der Waals surface area contributed by atoms with Crippen LogP contribution in [0.1, 0.15) is 14.3 Å². The largest absolute Gasteiger partial charge is 1.00 e. The topological polar surface area (TPSA) is 196 Å². The Morgan fingerprint density at radius 1 is 1.12 bits per heavy atom. The van der Waals surface area contributed by atoms with Crippen LogP contribution in [0.15, 0.2) is 0 Å². The van der Waals surface area contributed by atoms with Gasteiger partial charge in [0.2, 0.25) is 0 Å². The summed E-state index contributed by atoms with van der Waals surface area (Å²) >= 11 is 0. The summed E-state index contributed by atoms with van der Waals surface area (Å²) in [5, 5.41) is 5.91. The van der Waals surface area contributed by atoms with Crippen molar-refractivity contribution >= 4 is 15.2 Å². The van der Waals surface area contributed by atoms with Crippen LogP contribution >= 0.6 is 15.2 Å². The number of nitrogens with two attached hydrogens (primary N) is 1. The molecule has 10 N–H and O–H groups in total. The second-order valence-electron chi connectivity index (χ2n) is 2.75. The first kappa shape index (κ1) is 22.4. The van der Waals surface area contributed by atoms with Crippen molar-refractivity contribution in [2.75, 3.05) is 6.54 Å². The van der Waals surface area contributed by atoms with Crippen LogP contribution in [0.4, 0.5) is 0 Å². The van der Waals surface area contributed by atoms with E-state index in [4.69, 9.17) is 25.3 Å². The molecule has 0 radical (unpaired) electrons. The summed E-state index contributed by atoms with van der Waals surface area (Å²) in [5.41, 5.74) is 5.01. The molecule has 0 aromatic heterocycles. The predicted octanol–water partition coefficient (Wildman–Crippen LogP) is -3.99. The van der Waals surface area contributed by atoms with Gasteiger partial charge in [0.25, 0.3) is 5.08 Å². The molecule has 0 aromatic carbocycles. The maximum atomic E-state index is 10.7. The number of hydrogen-bond acceptors (Lipinski definition) is 5. The summed E-state index contributed by atoms with van der Waals surface area (Å²) in [5.74, 6) is 0. The maximum Gasteiger partial charge on any atom is 1.00 e. The molecule has 0 aliphatic heterocycles. The summed E-state index contributed by atoms with van der Waals surface area (Å²) in [6.07, 6.45) is -0.856. The van der Waals surface area contributed by atoms with Crippen molar-refractivity contribution < 1.29 is 64.8 Å². The van der Waals surface area contributed by atoms with Gasteiger partial charge < -0.3 is 38.0 Å². The Balaban J connectivity index is -0.000000282. The minimum absolute atomic E-state index is 0. The summed E-state index contributed by atoms with van der Waals surface area (Å²) in [6, 6.07) is 0. The van der Waals surface area contributed by atoms with Crippen LogP contribution in [0, 0.1) is 0 Å².